The fourth-order valence-electron chi connectivity index (χ4n) is 2.57. The van der Waals surface area contributed by atoms with Crippen molar-refractivity contribution in [1.29, 1.82) is 0 Å². The molecule has 0 amide bonds. The quantitative estimate of drug-likeness (QED) is 0.523. The van der Waals surface area contributed by atoms with Crippen LogP contribution in [0.2, 0.25) is 0 Å². The predicted octanol–water partition coefficient (Wildman–Crippen LogP) is 4.85. The van der Waals surface area contributed by atoms with Crippen LogP contribution in [0.4, 0.5) is 17.2 Å². The largest absolute Gasteiger partial charge is 0.434 e. The normalized spacial score (nSPS) is 10.4. The summed E-state index contributed by atoms with van der Waals surface area (Å²) in [6.45, 7) is 5.82. The first-order chi connectivity index (χ1) is 12.4. The molecule has 1 N–H and O–H groups in total. The second-order valence-corrected chi connectivity index (χ2v) is 6.05. The van der Waals surface area contributed by atoms with Crippen LogP contribution >= 0.6 is 0 Å². The zero-order valence-corrected chi connectivity index (χ0v) is 14.7. The van der Waals surface area contributed by atoms with Crippen LogP contribution in [0.15, 0.2) is 48.8 Å². The number of hydrogen-bond acceptors (Lipinski definition) is 6. The van der Waals surface area contributed by atoms with E-state index in [-0.39, 0.29) is 17.4 Å². The molecular formula is C19H18N4O3. The van der Waals surface area contributed by atoms with Gasteiger partial charge in [0.25, 0.3) is 0 Å². The van der Waals surface area contributed by atoms with Crippen LogP contribution in [0.25, 0.3) is 0 Å². The van der Waals surface area contributed by atoms with E-state index in [9.17, 15) is 10.1 Å². The van der Waals surface area contributed by atoms with Crippen LogP contribution in [0.3, 0.4) is 0 Å². The molecule has 1 aromatic heterocycles. The number of anilines is 2. The molecule has 0 saturated heterocycles. The van der Waals surface area contributed by atoms with Crippen LogP contribution in [0, 0.1) is 30.9 Å². The first-order valence-electron chi connectivity index (χ1n) is 8.01. The van der Waals surface area contributed by atoms with E-state index >= 15 is 0 Å². The van der Waals surface area contributed by atoms with Crippen molar-refractivity contribution in [2.45, 2.75) is 20.8 Å². The highest BCUT2D eigenvalue weighted by Crippen LogP contribution is 2.35. The summed E-state index contributed by atoms with van der Waals surface area (Å²) in [5, 5.41) is 14.6. The van der Waals surface area contributed by atoms with Crippen LogP contribution in [-0.2, 0) is 0 Å². The zero-order chi connectivity index (χ0) is 18.7. The maximum atomic E-state index is 11.6. The van der Waals surface area contributed by atoms with Gasteiger partial charge >= 0.3 is 11.6 Å². The summed E-state index contributed by atoms with van der Waals surface area (Å²) in [6, 6.07) is 13.0. The summed E-state index contributed by atoms with van der Waals surface area (Å²) in [6.07, 6.45) is 1.24. The van der Waals surface area contributed by atoms with Gasteiger partial charge in [0.15, 0.2) is 0 Å². The smallest absolute Gasteiger partial charge is 0.373 e. The monoisotopic (exact) mass is 350 g/mol. The van der Waals surface area contributed by atoms with E-state index in [1.165, 1.54) is 6.33 Å². The van der Waals surface area contributed by atoms with Gasteiger partial charge in [0, 0.05) is 5.69 Å². The topological polar surface area (TPSA) is 90.2 Å². The number of nitrogens with one attached hydrogen (secondary N) is 1. The molecule has 0 aliphatic rings. The molecule has 0 radical (unpaired) electrons. The van der Waals surface area contributed by atoms with Crippen LogP contribution < -0.4 is 10.1 Å². The van der Waals surface area contributed by atoms with Crippen LogP contribution in [0.1, 0.15) is 16.7 Å². The number of rotatable bonds is 5. The number of nitro groups is 1. The van der Waals surface area contributed by atoms with Gasteiger partial charge in [-0.1, -0.05) is 23.8 Å². The van der Waals surface area contributed by atoms with Gasteiger partial charge in [-0.2, -0.15) is 4.98 Å². The minimum absolute atomic E-state index is 0.0771. The summed E-state index contributed by atoms with van der Waals surface area (Å²) in [5.74, 6) is 0.462. The molecule has 1 heterocycles. The molecule has 7 nitrogen and oxygen atoms in total. The van der Waals surface area contributed by atoms with Crippen molar-refractivity contribution in [2.75, 3.05) is 5.32 Å². The molecule has 3 aromatic rings. The number of hydrogen-bond donors (Lipinski definition) is 1. The van der Waals surface area contributed by atoms with E-state index < -0.39 is 4.92 Å². The Labute approximate surface area is 150 Å². The average molecular weight is 350 g/mol. The lowest BCUT2D eigenvalue weighted by molar-refractivity contribution is -0.385. The lowest BCUT2D eigenvalue weighted by Crippen LogP contribution is -2.03. The average Bonchev–Trinajstić information content (AvgIpc) is 2.56. The molecule has 0 saturated carbocycles. The Balaban J connectivity index is 1.98. The van der Waals surface area contributed by atoms with Gasteiger partial charge in [0.05, 0.1) is 4.92 Å². The molecule has 0 atom stereocenters. The molecule has 3 rings (SSSR count). The van der Waals surface area contributed by atoms with Crippen LogP contribution in [0.5, 0.6) is 11.6 Å². The van der Waals surface area contributed by atoms with Crippen molar-refractivity contribution in [3.8, 4) is 11.6 Å². The molecule has 0 unspecified atom stereocenters. The first kappa shape index (κ1) is 17.3. The highest BCUT2D eigenvalue weighted by molar-refractivity contribution is 5.68. The van der Waals surface area contributed by atoms with Crippen molar-refractivity contribution in [3.63, 3.8) is 0 Å². The van der Waals surface area contributed by atoms with Gasteiger partial charge in [-0.15, -0.1) is 0 Å². The molecule has 0 fully saturated rings. The second kappa shape index (κ2) is 7.18. The third kappa shape index (κ3) is 3.94. The number of aryl methyl sites for hydroxylation is 3. The Morgan fingerprint density at radius 3 is 2.23 bits per heavy atom. The van der Waals surface area contributed by atoms with Crippen molar-refractivity contribution < 1.29 is 9.66 Å². The number of nitrogens with zero attached hydrogens (tertiary/aromatic N) is 3. The lowest BCUT2D eigenvalue weighted by Gasteiger charge is -2.10. The van der Waals surface area contributed by atoms with Crippen LogP contribution in [-0.4, -0.2) is 14.9 Å². The summed E-state index contributed by atoms with van der Waals surface area (Å²) in [7, 11) is 0. The van der Waals surface area contributed by atoms with E-state index in [2.05, 4.69) is 15.3 Å². The highest BCUT2D eigenvalue weighted by Gasteiger charge is 2.25. The standard InChI is InChI=1S/C19H18N4O3/c1-12-4-6-15(7-5-12)22-18-17(23(24)25)19(21-11-20-18)26-16-9-13(2)8-14(3)10-16/h4-11H,1-3H3,(H,20,21,22). The minimum atomic E-state index is -0.547. The van der Waals surface area contributed by atoms with Crippen molar-refractivity contribution >= 4 is 17.2 Å². The fraction of sp³-hybridized carbons (Fsp3) is 0.158. The van der Waals surface area contributed by atoms with Gasteiger partial charge in [-0.25, -0.2) is 4.98 Å². The molecular weight excluding hydrogens is 332 g/mol. The fourth-order valence-corrected chi connectivity index (χ4v) is 2.57. The third-order valence-corrected chi connectivity index (χ3v) is 3.70. The maximum Gasteiger partial charge on any atom is 0.373 e. The molecule has 132 valence electrons. The Bertz CT molecular complexity index is 935. The van der Waals surface area contributed by atoms with Gasteiger partial charge < -0.3 is 10.1 Å². The maximum absolute atomic E-state index is 11.6. The molecule has 2 aromatic carbocycles. The molecule has 0 spiro atoms. The van der Waals surface area contributed by atoms with E-state index in [1.54, 1.807) is 12.1 Å². The summed E-state index contributed by atoms with van der Waals surface area (Å²) in [4.78, 5) is 19.0. The van der Waals surface area contributed by atoms with Gasteiger partial charge in [0.1, 0.15) is 12.1 Å². The third-order valence-electron chi connectivity index (χ3n) is 3.70. The van der Waals surface area contributed by atoms with Gasteiger partial charge in [-0.05, 0) is 56.2 Å². The molecule has 7 heteroatoms. The SMILES string of the molecule is Cc1ccc(Nc2ncnc(Oc3cc(C)cc(C)c3)c2[N+](=O)[O-])cc1. The first-order valence-corrected chi connectivity index (χ1v) is 8.01. The second-order valence-electron chi connectivity index (χ2n) is 6.05. The molecule has 0 aliphatic heterocycles. The van der Waals surface area contributed by atoms with E-state index in [1.807, 2.05) is 51.1 Å². The lowest BCUT2D eigenvalue weighted by atomic mass is 10.1. The molecule has 26 heavy (non-hydrogen) atoms. The Hall–Kier alpha value is -3.48. The number of benzene rings is 2. The van der Waals surface area contributed by atoms with Crippen molar-refractivity contribution in [2.24, 2.45) is 0 Å². The van der Waals surface area contributed by atoms with Gasteiger partial charge in [0.2, 0.25) is 5.82 Å². The summed E-state index contributed by atoms with van der Waals surface area (Å²) in [5.41, 5.74) is 3.46. The van der Waals surface area contributed by atoms with E-state index in [0.717, 1.165) is 16.7 Å². The highest BCUT2D eigenvalue weighted by atomic mass is 16.6. The number of aromatic nitrogens is 2. The zero-order valence-electron chi connectivity index (χ0n) is 14.7. The summed E-state index contributed by atoms with van der Waals surface area (Å²) >= 11 is 0. The molecule has 0 aliphatic carbocycles. The predicted molar refractivity (Wildman–Crippen MR) is 99.1 cm³/mol. The number of ether oxygens (including phenoxy) is 1. The van der Waals surface area contributed by atoms with Gasteiger partial charge in [-0.3, -0.25) is 10.1 Å². The Morgan fingerprint density at radius 2 is 1.62 bits per heavy atom. The minimum Gasteiger partial charge on any atom is -0.434 e. The van der Waals surface area contributed by atoms with Crippen molar-refractivity contribution in [3.05, 3.63) is 75.6 Å². The van der Waals surface area contributed by atoms with E-state index in [4.69, 9.17) is 4.74 Å². The Kier molecular flexibility index (Phi) is 4.79. The Morgan fingerprint density at radius 1 is 0.962 bits per heavy atom. The molecule has 0 bridgehead atoms. The summed E-state index contributed by atoms with van der Waals surface area (Å²) < 4.78 is 5.70. The van der Waals surface area contributed by atoms with E-state index in [0.29, 0.717) is 11.4 Å². The van der Waals surface area contributed by atoms with Crippen molar-refractivity contribution in [1.82, 2.24) is 9.97 Å².